The number of carbonyl (C=O) groups excluding carboxylic acids is 1. The first-order valence-corrected chi connectivity index (χ1v) is 9.90. The van der Waals surface area contributed by atoms with Crippen LogP contribution in [0.5, 0.6) is 0 Å². The third-order valence-electron chi connectivity index (χ3n) is 6.43. The SMILES string of the molecule is Cc1ncnc(C(=O)N2C[C@@H]3COC[C@]3(COCC3CCOCC3)C2)c1C. The van der Waals surface area contributed by atoms with Crippen molar-refractivity contribution in [2.24, 2.45) is 17.3 Å². The van der Waals surface area contributed by atoms with E-state index in [1.807, 2.05) is 18.7 Å². The van der Waals surface area contributed by atoms with Crippen LogP contribution in [0.15, 0.2) is 6.33 Å². The molecule has 0 radical (unpaired) electrons. The fraction of sp³-hybridized carbons (Fsp3) is 0.750. The minimum atomic E-state index is -0.0865. The second-order valence-corrected chi connectivity index (χ2v) is 8.26. The molecule has 2 atom stereocenters. The second kappa shape index (κ2) is 7.81. The van der Waals surface area contributed by atoms with E-state index in [4.69, 9.17) is 14.2 Å². The fourth-order valence-corrected chi connectivity index (χ4v) is 4.44. The Kier molecular flexibility index (Phi) is 5.43. The van der Waals surface area contributed by atoms with Gasteiger partial charge >= 0.3 is 0 Å². The van der Waals surface area contributed by atoms with Crippen molar-refractivity contribution in [2.75, 3.05) is 52.7 Å². The van der Waals surface area contributed by atoms with Crippen LogP contribution in [0.3, 0.4) is 0 Å². The van der Waals surface area contributed by atoms with Gasteiger partial charge in [-0.2, -0.15) is 0 Å². The van der Waals surface area contributed by atoms with Crippen LogP contribution in [0.25, 0.3) is 0 Å². The van der Waals surface area contributed by atoms with Gasteiger partial charge in [0.05, 0.1) is 19.8 Å². The molecule has 0 N–H and O–H groups in total. The maximum absolute atomic E-state index is 13.1. The van der Waals surface area contributed by atoms with Crippen molar-refractivity contribution in [3.63, 3.8) is 0 Å². The Morgan fingerprint density at radius 3 is 2.93 bits per heavy atom. The highest BCUT2D eigenvalue weighted by Gasteiger charge is 2.52. The van der Waals surface area contributed by atoms with Gasteiger partial charge in [0.1, 0.15) is 12.0 Å². The fourth-order valence-electron chi connectivity index (χ4n) is 4.44. The summed E-state index contributed by atoms with van der Waals surface area (Å²) in [7, 11) is 0. The maximum Gasteiger partial charge on any atom is 0.272 e. The van der Waals surface area contributed by atoms with Gasteiger partial charge < -0.3 is 19.1 Å². The van der Waals surface area contributed by atoms with Gasteiger partial charge in [0.25, 0.3) is 5.91 Å². The number of likely N-dealkylation sites (tertiary alicyclic amines) is 1. The minimum absolute atomic E-state index is 0.00351. The third-order valence-corrected chi connectivity index (χ3v) is 6.43. The lowest BCUT2D eigenvalue weighted by Crippen LogP contribution is -2.38. The van der Waals surface area contributed by atoms with Gasteiger partial charge in [0.2, 0.25) is 0 Å². The quantitative estimate of drug-likeness (QED) is 0.779. The highest BCUT2D eigenvalue weighted by atomic mass is 16.5. The Hall–Kier alpha value is -1.57. The number of ether oxygens (including phenoxy) is 3. The molecular weight excluding hydrogens is 346 g/mol. The van der Waals surface area contributed by atoms with Crippen LogP contribution in [-0.4, -0.2) is 73.5 Å². The first-order valence-electron chi connectivity index (χ1n) is 9.90. The Bertz CT molecular complexity index is 692. The van der Waals surface area contributed by atoms with Crippen molar-refractivity contribution in [1.29, 1.82) is 0 Å². The standard InChI is InChI=1S/C20H29N3O4/c1-14-15(2)21-13-22-18(14)19(24)23-7-17-9-27-12-20(17,10-23)11-26-8-16-3-5-25-6-4-16/h13,16-17H,3-12H2,1-2H3/t17-,20-/m1/s1. The molecule has 7 heteroatoms. The molecule has 0 saturated carbocycles. The number of amides is 1. The molecule has 4 rings (SSSR count). The van der Waals surface area contributed by atoms with Gasteiger partial charge in [-0.1, -0.05) is 0 Å². The molecule has 27 heavy (non-hydrogen) atoms. The summed E-state index contributed by atoms with van der Waals surface area (Å²) >= 11 is 0. The molecule has 148 valence electrons. The summed E-state index contributed by atoms with van der Waals surface area (Å²) in [6, 6.07) is 0. The predicted octanol–water partition coefficient (Wildman–Crippen LogP) is 1.63. The zero-order chi connectivity index (χ0) is 18.9. The summed E-state index contributed by atoms with van der Waals surface area (Å²) in [4.78, 5) is 23.4. The average Bonchev–Trinajstić information content (AvgIpc) is 3.21. The van der Waals surface area contributed by atoms with E-state index in [1.165, 1.54) is 6.33 Å². The summed E-state index contributed by atoms with van der Waals surface area (Å²) in [5, 5.41) is 0. The number of nitrogens with zero attached hydrogens (tertiary/aromatic N) is 3. The zero-order valence-electron chi connectivity index (χ0n) is 16.3. The summed E-state index contributed by atoms with van der Waals surface area (Å²) in [6.45, 7) is 9.67. The van der Waals surface area contributed by atoms with E-state index in [0.29, 0.717) is 50.4 Å². The van der Waals surface area contributed by atoms with Crippen LogP contribution >= 0.6 is 0 Å². The van der Waals surface area contributed by atoms with Crippen LogP contribution in [0.4, 0.5) is 0 Å². The second-order valence-electron chi connectivity index (χ2n) is 8.26. The molecule has 3 aliphatic heterocycles. The number of fused-ring (bicyclic) bond motifs is 1. The third kappa shape index (κ3) is 3.73. The minimum Gasteiger partial charge on any atom is -0.381 e. The van der Waals surface area contributed by atoms with Crippen LogP contribution < -0.4 is 0 Å². The van der Waals surface area contributed by atoms with E-state index >= 15 is 0 Å². The molecule has 0 unspecified atom stereocenters. The summed E-state index contributed by atoms with van der Waals surface area (Å²) in [5.74, 6) is 0.914. The molecule has 1 aromatic heterocycles. The lowest BCUT2D eigenvalue weighted by atomic mass is 9.82. The Balaban J connectivity index is 1.40. The molecule has 3 saturated heterocycles. The summed E-state index contributed by atoms with van der Waals surface area (Å²) < 4.78 is 17.3. The van der Waals surface area contributed by atoms with Gasteiger partial charge in [0.15, 0.2) is 0 Å². The van der Waals surface area contributed by atoms with Gasteiger partial charge in [0, 0.05) is 55.5 Å². The Morgan fingerprint density at radius 2 is 2.11 bits per heavy atom. The van der Waals surface area contributed by atoms with Crippen LogP contribution in [0.2, 0.25) is 0 Å². The number of carbonyl (C=O) groups is 1. The zero-order valence-corrected chi connectivity index (χ0v) is 16.3. The summed E-state index contributed by atoms with van der Waals surface area (Å²) in [6.07, 6.45) is 3.62. The van der Waals surface area contributed by atoms with Crippen molar-refractivity contribution in [3.05, 3.63) is 23.3 Å². The first kappa shape index (κ1) is 18.8. The molecule has 1 aromatic rings. The first-order chi connectivity index (χ1) is 13.1. The number of aromatic nitrogens is 2. The number of hydrogen-bond acceptors (Lipinski definition) is 6. The number of rotatable bonds is 5. The Labute approximate surface area is 160 Å². The van der Waals surface area contributed by atoms with Gasteiger partial charge in [-0.05, 0) is 32.6 Å². The maximum atomic E-state index is 13.1. The van der Waals surface area contributed by atoms with E-state index in [2.05, 4.69) is 9.97 Å². The molecular formula is C20H29N3O4. The van der Waals surface area contributed by atoms with E-state index in [1.54, 1.807) is 0 Å². The molecule has 4 heterocycles. The number of aryl methyl sites for hydroxylation is 1. The molecule has 1 amide bonds. The van der Waals surface area contributed by atoms with Gasteiger partial charge in [-0.3, -0.25) is 4.79 Å². The Morgan fingerprint density at radius 1 is 1.30 bits per heavy atom. The summed E-state index contributed by atoms with van der Waals surface area (Å²) in [5.41, 5.74) is 2.14. The highest BCUT2D eigenvalue weighted by molar-refractivity contribution is 5.94. The molecule has 0 aromatic carbocycles. The molecule has 3 aliphatic rings. The van der Waals surface area contributed by atoms with Crippen molar-refractivity contribution < 1.29 is 19.0 Å². The van der Waals surface area contributed by atoms with Crippen molar-refractivity contribution in [1.82, 2.24) is 14.9 Å². The molecule has 0 aliphatic carbocycles. The molecule has 0 spiro atoms. The topological polar surface area (TPSA) is 73.8 Å². The lowest BCUT2D eigenvalue weighted by molar-refractivity contribution is -0.0151. The van der Waals surface area contributed by atoms with Crippen molar-refractivity contribution >= 4 is 5.91 Å². The van der Waals surface area contributed by atoms with Crippen LogP contribution in [-0.2, 0) is 14.2 Å². The van der Waals surface area contributed by atoms with Crippen molar-refractivity contribution in [3.8, 4) is 0 Å². The van der Waals surface area contributed by atoms with Crippen LogP contribution in [0.1, 0.15) is 34.6 Å². The van der Waals surface area contributed by atoms with E-state index in [-0.39, 0.29) is 11.3 Å². The van der Waals surface area contributed by atoms with E-state index in [9.17, 15) is 4.79 Å². The van der Waals surface area contributed by atoms with Gasteiger partial charge in [-0.15, -0.1) is 0 Å². The average molecular weight is 375 g/mol. The van der Waals surface area contributed by atoms with Crippen molar-refractivity contribution in [2.45, 2.75) is 26.7 Å². The van der Waals surface area contributed by atoms with E-state index in [0.717, 1.165) is 43.9 Å². The van der Waals surface area contributed by atoms with E-state index < -0.39 is 0 Å². The van der Waals surface area contributed by atoms with Gasteiger partial charge in [-0.25, -0.2) is 9.97 Å². The van der Waals surface area contributed by atoms with Crippen LogP contribution in [0, 0.1) is 31.1 Å². The number of hydrogen-bond donors (Lipinski definition) is 0. The molecule has 3 fully saturated rings. The lowest BCUT2D eigenvalue weighted by Gasteiger charge is -2.29. The molecule has 7 nitrogen and oxygen atoms in total. The highest BCUT2D eigenvalue weighted by Crippen LogP contribution is 2.42. The smallest absolute Gasteiger partial charge is 0.272 e. The normalized spacial score (nSPS) is 28.5. The predicted molar refractivity (Wildman–Crippen MR) is 98.5 cm³/mol. The molecule has 0 bridgehead atoms. The largest absolute Gasteiger partial charge is 0.381 e. The monoisotopic (exact) mass is 375 g/mol.